The SMILES string of the molecule is COc1cccc([C@@H]2CCCCN2C(=O)Nc2c(C)nn(C)c2C)c1. The van der Waals surface area contributed by atoms with Gasteiger partial charge in [0.05, 0.1) is 30.2 Å². The van der Waals surface area contributed by atoms with E-state index in [1.807, 2.05) is 44.0 Å². The number of aromatic nitrogens is 2. The first-order valence-electron chi connectivity index (χ1n) is 8.73. The number of hydrogen-bond acceptors (Lipinski definition) is 3. The van der Waals surface area contributed by atoms with Crippen LogP contribution in [-0.2, 0) is 7.05 Å². The van der Waals surface area contributed by atoms with E-state index < -0.39 is 0 Å². The van der Waals surface area contributed by atoms with Crippen LogP contribution in [0.15, 0.2) is 24.3 Å². The van der Waals surface area contributed by atoms with Crippen molar-refractivity contribution in [2.24, 2.45) is 7.05 Å². The van der Waals surface area contributed by atoms with Crippen LogP contribution in [0.25, 0.3) is 0 Å². The summed E-state index contributed by atoms with van der Waals surface area (Å²) >= 11 is 0. The van der Waals surface area contributed by atoms with Crippen LogP contribution in [-0.4, -0.2) is 34.4 Å². The fourth-order valence-electron chi connectivity index (χ4n) is 3.50. The fourth-order valence-corrected chi connectivity index (χ4v) is 3.50. The number of anilines is 1. The first kappa shape index (κ1) is 17.3. The molecule has 6 heteroatoms. The second kappa shape index (κ2) is 7.17. The maximum Gasteiger partial charge on any atom is 0.322 e. The number of ether oxygens (including phenoxy) is 1. The smallest absolute Gasteiger partial charge is 0.322 e. The molecule has 1 aliphatic rings. The molecule has 3 rings (SSSR count). The molecule has 0 spiro atoms. The number of methoxy groups -OCH3 is 1. The molecule has 1 atom stereocenters. The van der Waals surface area contributed by atoms with Gasteiger partial charge in [-0.2, -0.15) is 5.10 Å². The number of aryl methyl sites for hydroxylation is 2. The summed E-state index contributed by atoms with van der Waals surface area (Å²) < 4.78 is 7.13. The average Bonchev–Trinajstić information content (AvgIpc) is 2.88. The average molecular weight is 342 g/mol. The quantitative estimate of drug-likeness (QED) is 0.923. The van der Waals surface area contributed by atoms with Crippen molar-refractivity contribution in [1.82, 2.24) is 14.7 Å². The second-order valence-corrected chi connectivity index (χ2v) is 6.58. The molecule has 2 aromatic rings. The van der Waals surface area contributed by atoms with E-state index in [2.05, 4.69) is 16.5 Å². The van der Waals surface area contributed by atoms with Crippen LogP contribution < -0.4 is 10.1 Å². The van der Waals surface area contributed by atoms with E-state index in [1.165, 1.54) is 0 Å². The molecule has 0 radical (unpaired) electrons. The Balaban J connectivity index is 1.83. The van der Waals surface area contributed by atoms with Crippen molar-refractivity contribution >= 4 is 11.7 Å². The Hall–Kier alpha value is -2.50. The van der Waals surface area contributed by atoms with Crippen molar-refractivity contribution in [3.63, 3.8) is 0 Å². The summed E-state index contributed by atoms with van der Waals surface area (Å²) in [5, 5.41) is 7.45. The molecule has 0 bridgehead atoms. The summed E-state index contributed by atoms with van der Waals surface area (Å²) in [6, 6.07) is 8.01. The Labute approximate surface area is 148 Å². The highest BCUT2D eigenvalue weighted by atomic mass is 16.5. The molecule has 2 heterocycles. The number of rotatable bonds is 3. The summed E-state index contributed by atoms with van der Waals surface area (Å²) in [4.78, 5) is 14.9. The molecule has 25 heavy (non-hydrogen) atoms. The summed E-state index contributed by atoms with van der Waals surface area (Å²) in [5.74, 6) is 0.822. The Morgan fingerprint density at radius 1 is 1.32 bits per heavy atom. The van der Waals surface area contributed by atoms with E-state index in [0.29, 0.717) is 0 Å². The highest BCUT2D eigenvalue weighted by molar-refractivity contribution is 5.91. The minimum absolute atomic E-state index is 0.0632. The summed E-state index contributed by atoms with van der Waals surface area (Å²) in [6.45, 7) is 4.63. The molecule has 1 aliphatic heterocycles. The normalized spacial score (nSPS) is 17.4. The summed E-state index contributed by atoms with van der Waals surface area (Å²) in [7, 11) is 3.55. The molecular weight excluding hydrogens is 316 g/mol. The van der Waals surface area contributed by atoms with Crippen LogP contribution in [0, 0.1) is 13.8 Å². The Bertz CT molecular complexity index is 769. The zero-order valence-corrected chi connectivity index (χ0v) is 15.4. The molecule has 6 nitrogen and oxygen atoms in total. The second-order valence-electron chi connectivity index (χ2n) is 6.58. The summed E-state index contributed by atoms with van der Waals surface area (Å²) in [5.41, 5.74) is 3.72. The van der Waals surface area contributed by atoms with Crippen molar-refractivity contribution in [2.75, 3.05) is 19.0 Å². The third-order valence-corrected chi connectivity index (χ3v) is 4.98. The van der Waals surface area contributed by atoms with Crippen LogP contribution in [0.5, 0.6) is 5.75 Å². The Kier molecular flexibility index (Phi) is 4.97. The number of piperidine rings is 1. The van der Waals surface area contributed by atoms with Gasteiger partial charge < -0.3 is 15.0 Å². The van der Waals surface area contributed by atoms with E-state index in [1.54, 1.807) is 11.8 Å². The number of nitrogens with zero attached hydrogens (tertiary/aromatic N) is 3. The number of hydrogen-bond donors (Lipinski definition) is 1. The van der Waals surface area contributed by atoms with Gasteiger partial charge in [-0.15, -0.1) is 0 Å². The van der Waals surface area contributed by atoms with E-state index in [4.69, 9.17) is 4.74 Å². The van der Waals surface area contributed by atoms with Gasteiger partial charge in [-0.1, -0.05) is 12.1 Å². The number of nitrogens with one attached hydrogen (secondary N) is 1. The van der Waals surface area contributed by atoms with Crippen LogP contribution in [0.1, 0.15) is 42.3 Å². The fraction of sp³-hybridized carbons (Fsp3) is 0.474. The van der Waals surface area contributed by atoms with Gasteiger partial charge in [0.25, 0.3) is 0 Å². The molecular formula is C19H26N4O2. The lowest BCUT2D eigenvalue weighted by atomic mass is 9.95. The number of amides is 2. The standard InChI is InChI=1S/C19H26N4O2/c1-13-18(14(2)22(3)21-13)20-19(24)23-11-6-5-10-17(23)15-8-7-9-16(12-15)25-4/h7-9,12,17H,5-6,10-11H2,1-4H3,(H,20,24)/t17-/m0/s1. The van der Waals surface area contributed by atoms with Crippen LogP contribution >= 0.6 is 0 Å². The van der Waals surface area contributed by atoms with Crippen molar-refractivity contribution < 1.29 is 9.53 Å². The van der Waals surface area contributed by atoms with E-state index >= 15 is 0 Å². The van der Waals surface area contributed by atoms with E-state index in [9.17, 15) is 4.79 Å². The minimum atomic E-state index is -0.0632. The Morgan fingerprint density at radius 3 is 2.80 bits per heavy atom. The van der Waals surface area contributed by atoms with Crippen LogP contribution in [0.2, 0.25) is 0 Å². The van der Waals surface area contributed by atoms with Gasteiger partial charge >= 0.3 is 6.03 Å². The van der Waals surface area contributed by atoms with Crippen molar-refractivity contribution in [1.29, 1.82) is 0 Å². The molecule has 0 saturated carbocycles. The first-order chi connectivity index (χ1) is 12.0. The van der Waals surface area contributed by atoms with Gasteiger partial charge in [0.1, 0.15) is 5.75 Å². The lowest BCUT2D eigenvalue weighted by Gasteiger charge is -2.36. The predicted octanol–water partition coefficient (Wildman–Crippen LogP) is 3.80. The molecule has 1 N–H and O–H groups in total. The highest BCUT2D eigenvalue weighted by Gasteiger charge is 2.29. The van der Waals surface area contributed by atoms with Gasteiger partial charge in [0.15, 0.2) is 0 Å². The van der Waals surface area contributed by atoms with Gasteiger partial charge in [0, 0.05) is 13.6 Å². The lowest BCUT2D eigenvalue weighted by Crippen LogP contribution is -2.41. The monoisotopic (exact) mass is 342 g/mol. The van der Waals surface area contributed by atoms with E-state index in [0.717, 1.165) is 54.2 Å². The van der Waals surface area contributed by atoms with Crippen LogP contribution in [0.4, 0.5) is 10.5 Å². The largest absolute Gasteiger partial charge is 0.497 e. The summed E-state index contributed by atoms with van der Waals surface area (Å²) in [6.07, 6.45) is 3.11. The zero-order chi connectivity index (χ0) is 18.0. The topological polar surface area (TPSA) is 59.4 Å². The van der Waals surface area contributed by atoms with Gasteiger partial charge in [-0.3, -0.25) is 4.68 Å². The molecule has 1 aromatic heterocycles. The number of carbonyl (C=O) groups is 1. The lowest BCUT2D eigenvalue weighted by molar-refractivity contribution is 0.163. The Morgan fingerprint density at radius 2 is 2.12 bits per heavy atom. The van der Waals surface area contributed by atoms with Gasteiger partial charge in [-0.25, -0.2) is 4.79 Å². The predicted molar refractivity (Wildman–Crippen MR) is 98.0 cm³/mol. The molecule has 2 amide bonds. The number of urea groups is 1. The van der Waals surface area contributed by atoms with Crippen LogP contribution in [0.3, 0.4) is 0 Å². The molecule has 1 aromatic carbocycles. The van der Waals surface area contributed by atoms with Gasteiger partial charge in [0.2, 0.25) is 0 Å². The zero-order valence-electron chi connectivity index (χ0n) is 15.4. The molecule has 134 valence electrons. The molecule has 0 unspecified atom stereocenters. The maximum absolute atomic E-state index is 13.0. The maximum atomic E-state index is 13.0. The number of carbonyl (C=O) groups excluding carboxylic acids is 1. The number of benzene rings is 1. The first-order valence-corrected chi connectivity index (χ1v) is 8.73. The highest BCUT2D eigenvalue weighted by Crippen LogP contribution is 2.33. The van der Waals surface area contributed by atoms with Gasteiger partial charge in [-0.05, 0) is 50.8 Å². The van der Waals surface area contributed by atoms with Crippen molar-refractivity contribution in [3.05, 3.63) is 41.2 Å². The third-order valence-electron chi connectivity index (χ3n) is 4.98. The van der Waals surface area contributed by atoms with E-state index in [-0.39, 0.29) is 12.1 Å². The molecule has 1 saturated heterocycles. The van der Waals surface area contributed by atoms with Crippen molar-refractivity contribution in [2.45, 2.75) is 39.2 Å². The number of likely N-dealkylation sites (tertiary alicyclic amines) is 1. The van der Waals surface area contributed by atoms with Crippen molar-refractivity contribution in [3.8, 4) is 5.75 Å². The molecule has 1 fully saturated rings. The molecule has 0 aliphatic carbocycles. The minimum Gasteiger partial charge on any atom is -0.497 e. The third kappa shape index (κ3) is 3.48.